The third-order valence-corrected chi connectivity index (χ3v) is 8.94. The van der Waals surface area contributed by atoms with Crippen molar-refractivity contribution in [3.05, 3.63) is 24.3 Å². The molecule has 2 fully saturated rings. The molecule has 1 saturated heterocycles. The summed E-state index contributed by atoms with van der Waals surface area (Å²) in [4.78, 5) is 5.00. The van der Waals surface area contributed by atoms with Gasteiger partial charge in [-0.15, -0.1) is 0 Å². The molecule has 0 unspecified atom stereocenters. The van der Waals surface area contributed by atoms with Gasteiger partial charge in [0, 0.05) is 51.7 Å². The Morgan fingerprint density at radius 3 is 2.50 bits per heavy atom. The lowest BCUT2D eigenvalue weighted by Gasteiger charge is -2.36. The fourth-order valence-electron chi connectivity index (χ4n) is 4.53. The van der Waals surface area contributed by atoms with Gasteiger partial charge in [-0.1, -0.05) is 12.1 Å². The van der Waals surface area contributed by atoms with Crippen LogP contribution in [-0.4, -0.2) is 74.9 Å². The molecule has 2 heterocycles. The minimum absolute atomic E-state index is 0.0881. The third kappa shape index (κ3) is 5.13. The Morgan fingerprint density at radius 1 is 1.10 bits per heavy atom. The van der Waals surface area contributed by atoms with Crippen LogP contribution in [0.4, 0.5) is 5.82 Å². The first-order valence-corrected chi connectivity index (χ1v) is 13.2. The van der Waals surface area contributed by atoms with Crippen LogP contribution < -0.4 is 9.62 Å². The van der Waals surface area contributed by atoms with Gasteiger partial charge in [-0.05, 0) is 68.2 Å². The molecule has 0 spiro atoms. The van der Waals surface area contributed by atoms with Crippen LogP contribution in [-0.2, 0) is 10.2 Å². The summed E-state index contributed by atoms with van der Waals surface area (Å²) >= 11 is 1.59. The van der Waals surface area contributed by atoms with Crippen LogP contribution in [0, 0.1) is 5.92 Å². The number of piperazine rings is 1. The van der Waals surface area contributed by atoms with Crippen LogP contribution in [0.2, 0.25) is 0 Å². The van der Waals surface area contributed by atoms with Crippen LogP contribution in [0.15, 0.2) is 24.3 Å². The molecular formula is C21H33N5O2S2. The molecule has 0 atom stereocenters. The van der Waals surface area contributed by atoms with Crippen molar-refractivity contribution >= 4 is 37.6 Å². The zero-order valence-electron chi connectivity index (χ0n) is 18.0. The van der Waals surface area contributed by atoms with Crippen molar-refractivity contribution in [2.45, 2.75) is 38.1 Å². The number of rotatable bonds is 7. The van der Waals surface area contributed by atoms with Crippen molar-refractivity contribution < 1.29 is 8.42 Å². The predicted molar refractivity (Wildman–Crippen MR) is 124 cm³/mol. The van der Waals surface area contributed by atoms with E-state index in [-0.39, 0.29) is 6.04 Å². The summed E-state index contributed by atoms with van der Waals surface area (Å²) < 4.78 is 34.0. The van der Waals surface area contributed by atoms with Gasteiger partial charge >= 0.3 is 0 Å². The molecule has 1 aromatic heterocycles. The van der Waals surface area contributed by atoms with E-state index in [1.165, 1.54) is 20.8 Å². The summed E-state index contributed by atoms with van der Waals surface area (Å²) in [7, 11) is -0.168. The highest BCUT2D eigenvalue weighted by Crippen LogP contribution is 2.30. The molecule has 166 valence electrons. The largest absolute Gasteiger partial charge is 0.353 e. The van der Waals surface area contributed by atoms with Crippen molar-refractivity contribution in [3.63, 3.8) is 0 Å². The maximum absolute atomic E-state index is 12.0. The smallest absolute Gasteiger partial charge is 0.279 e. The van der Waals surface area contributed by atoms with E-state index in [2.05, 4.69) is 38.8 Å². The van der Waals surface area contributed by atoms with Crippen LogP contribution in [0.3, 0.4) is 0 Å². The number of anilines is 1. The molecule has 0 amide bonds. The van der Waals surface area contributed by atoms with Gasteiger partial charge in [0.2, 0.25) is 0 Å². The van der Waals surface area contributed by atoms with Crippen molar-refractivity contribution in [2.24, 2.45) is 5.92 Å². The number of aromatic nitrogens is 1. The Morgan fingerprint density at radius 2 is 1.80 bits per heavy atom. The molecule has 0 radical (unpaired) electrons. The first-order valence-electron chi connectivity index (χ1n) is 10.9. The highest BCUT2D eigenvalue weighted by Gasteiger charge is 2.27. The topological polar surface area (TPSA) is 68.8 Å². The van der Waals surface area contributed by atoms with Gasteiger partial charge in [0.15, 0.2) is 0 Å². The Hall–Kier alpha value is -1.26. The lowest BCUT2D eigenvalue weighted by Crippen LogP contribution is -2.47. The van der Waals surface area contributed by atoms with E-state index in [0.717, 1.165) is 64.2 Å². The second-order valence-electron chi connectivity index (χ2n) is 8.74. The second kappa shape index (κ2) is 9.48. The summed E-state index contributed by atoms with van der Waals surface area (Å²) in [6, 6.07) is 8.58. The van der Waals surface area contributed by atoms with E-state index in [1.807, 2.05) is 0 Å². The fraction of sp³-hybridized carbons (Fsp3) is 0.667. The minimum atomic E-state index is -3.32. The zero-order valence-corrected chi connectivity index (χ0v) is 19.6. The molecule has 1 saturated carbocycles. The fourth-order valence-corrected chi connectivity index (χ4v) is 6.20. The van der Waals surface area contributed by atoms with Gasteiger partial charge < -0.3 is 4.90 Å². The van der Waals surface area contributed by atoms with Gasteiger partial charge in [-0.3, -0.25) is 4.90 Å². The van der Waals surface area contributed by atoms with Gasteiger partial charge in [-0.25, -0.2) is 0 Å². The molecule has 2 aromatic rings. The normalized spacial score (nSPS) is 24.0. The highest BCUT2D eigenvalue weighted by molar-refractivity contribution is 7.87. The van der Waals surface area contributed by atoms with Gasteiger partial charge in [-0.2, -0.15) is 21.8 Å². The quantitative estimate of drug-likeness (QED) is 0.701. The van der Waals surface area contributed by atoms with Crippen molar-refractivity contribution in [2.75, 3.05) is 51.7 Å². The molecular weight excluding hydrogens is 418 g/mol. The van der Waals surface area contributed by atoms with Crippen LogP contribution in [0.1, 0.15) is 32.1 Å². The van der Waals surface area contributed by atoms with Gasteiger partial charge in [0.1, 0.15) is 5.82 Å². The summed E-state index contributed by atoms with van der Waals surface area (Å²) in [5.41, 5.74) is 0. The Balaban J connectivity index is 1.19. The summed E-state index contributed by atoms with van der Waals surface area (Å²) in [6.45, 7) is 5.39. The summed E-state index contributed by atoms with van der Waals surface area (Å²) in [5, 5.41) is 1.28. The van der Waals surface area contributed by atoms with E-state index < -0.39 is 10.2 Å². The first kappa shape index (κ1) is 22.0. The van der Waals surface area contributed by atoms with Crippen LogP contribution >= 0.6 is 11.5 Å². The number of hydrogen-bond donors (Lipinski definition) is 1. The number of nitrogens with one attached hydrogen (secondary N) is 1. The maximum atomic E-state index is 12.0. The molecule has 1 aliphatic carbocycles. The summed E-state index contributed by atoms with van der Waals surface area (Å²) in [6.07, 6.45) is 5.34. The molecule has 1 aliphatic heterocycles. The molecule has 2 aliphatic rings. The average molecular weight is 452 g/mol. The molecule has 4 rings (SSSR count). The van der Waals surface area contributed by atoms with E-state index in [9.17, 15) is 8.42 Å². The predicted octanol–water partition coefficient (Wildman–Crippen LogP) is 2.76. The minimum Gasteiger partial charge on any atom is -0.353 e. The van der Waals surface area contributed by atoms with Crippen LogP contribution in [0.25, 0.3) is 10.1 Å². The molecule has 30 heavy (non-hydrogen) atoms. The monoisotopic (exact) mass is 451 g/mol. The van der Waals surface area contributed by atoms with Gasteiger partial charge in [0.05, 0.1) is 4.70 Å². The maximum Gasteiger partial charge on any atom is 0.279 e. The Labute approximate surface area is 184 Å². The highest BCUT2D eigenvalue weighted by atomic mass is 32.2. The van der Waals surface area contributed by atoms with Gasteiger partial charge in [0.25, 0.3) is 10.2 Å². The standard InChI is InChI=1S/C21H33N5O2S2/c1-24(2)30(27,28)23-18-9-7-17(8-10-18)11-12-25-13-15-26(16-14-25)21-19-5-3-4-6-20(19)29-22-21/h3-6,17-18,23H,7-16H2,1-2H3/t17-,18-. The third-order valence-electron chi connectivity index (χ3n) is 6.53. The van der Waals surface area contributed by atoms with E-state index in [0.29, 0.717) is 5.92 Å². The number of fused-ring (bicyclic) bond motifs is 1. The lowest BCUT2D eigenvalue weighted by atomic mass is 9.84. The molecule has 9 heteroatoms. The Kier molecular flexibility index (Phi) is 6.94. The zero-order chi connectivity index (χ0) is 21.1. The molecule has 1 N–H and O–H groups in total. The molecule has 1 aromatic carbocycles. The number of benzene rings is 1. The molecule has 0 bridgehead atoms. The summed E-state index contributed by atoms with van der Waals surface area (Å²) in [5.74, 6) is 1.86. The second-order valence-corrected chi connectivity index (χ2v) is 11.5. The van der Waals surface area contributed by atoms with Crippen molar-refractivity contribution in [1.29, 1.82) is 0 Å². The van der Waals surface area contributed by atoms with E-state index in [4.69, 9.17) is 4.37 Å². The van der Waals surface area contributed by atoms with Crippen molar-refractivity contribution in [1.82, 2.24) is 18.3 Å². The van der Waals surface area contributed by atoms with E-state index >= 15 is 0 Å². The van der Waals surface area contributed by atoms with E-state index in [1.54, 1.807) is 25.6 Å². The Bertz CT molecular complexity index is 930. The van der Waals surface area contributed by atoms with Crippen molar-refractivity contribution in [3.8, 4) is 0 Å². The average Bonchev–Trinajstić information content (AvgIpc) is 3.17. The number of nitrogens with zero attached hydrogens (tertiary/aromatic N) is 4. The first-order chi connectivity index (χ1) is 14.4. The SMILES string of the molecule is CN(C)S(=O)(=O)N[C@H]1CC[C@H](CCN2CCN(c3nsc4ccccc34)CC2)CC1. The molecule has 7 nitrogen and oxygen atoms in total. The number of hydrogen-bond acceptors (Lipinski definition) is 6. The van der Waals surface area contributed by atoms with Crippen LogP contribution in [0.5, 0.6) is 0 Å². The lowest BCUT2D eigenvalue weighted by molar-refractivity contribution is 0.214.